The number of hydrogen-bond acceptors (Lipinski definition) is 2. The number of aliphatic hydroxyl groups excluding tert-OH is 1. The van der Waals surface area contributed by atoms with E-state index in [2.05, 4.69) is 31.2 Å². The van der Waals surface area contributed by atoms with Gasteiger partial charge in [-0.2, -0.15) is 0 Å². The molecule has 1 aromatic carbocycles. The zero-order chi connectivity index (χ0) is 9.68. The van der Waals surface area contributed by atoms with E-state index in [9.17, 15) is 0 Å². The van der Waals surface area contributed by atoms with Crippen LogP contribution in [0.4, 0.5) is 0 Å². The van der Waals surface area contributed by atoms with Crippen LogP contribution in [0.25, 0.3) is 0 Å². The average molecular weight is 196 g/mol. The van der Waals surface area contributed by atoms with Crippen LogP contribution >= 0.6 is 11.8 Å². The predicted molar refractivity (Wildman–Crippen MR) is 58.2 cm³/mol. The third kappa shape index (κ3) is 3.41. The Morgan fingerprint density at radius 1 is 1.31 bits per heavy atom. The van der Waals surface area contributed by atoms with Gasteiger partial charge in [0.05, 0.1) is 6.61 Å². The average Bonchev–Trinajstić information content (AvgIpc) is 2.19. The van der Waals surface area contributed by atoms with Crippen molar-refractivity contribution >= 4 is 11.8 Å². The van der Waals surface area contributed by atoms with Gasteiger partial charge in [-0.15, -0.1) is 11.8 Å². The summed E-state index contributed by atoms with van der Waals surface area (Å²) < 4.78 is 0. The molecule has 0 saturated heterocycles. The number of hydrogen-bond donors (Lipinski definition) is 1. The van der Waals surface area contributed by atoms with Crippen LogP contribution in [0, 0.1) is 0 Å². The Morgan fingerprint density at radius 2 is 1.92 bits per heavy atom. The number of benzene rings is 1. The highest BCUT2D eigenvalue weighted by Crippen LogP contribution is 2.22. The third-order valence-corrected chi connectivity index (χ3v) is 3.02. The summed E-state index contributed by atoms with van der Waals surface area (Å²) in [5.74, 6) is 0. The lowest BCUT2D eigenvalue weighted by Gasteiger charge is -2.07. The Hall–Kier alpha value is -0.470. The second kappa shape index (κ2) is 5.30. The van der Waals surface area contributed by atoms with Crippen molar-refractivity contribution in [3.63, 3.8) is 0 Å². The van der Waals surface area contributed by atoms with E-state index >= 15 is 0 Å². The molecule has 1 aromatic rings. The van der Waals surface area contributed by atoms with Crippen LogP contribution in [-0.2, 0) is 6.42 Å². The van der Waals surface area contributed by atoms with Crippen LogP contribution in [-0.4, -0.2) is 17.0 Å². The second-order valence-corrected chi connectivity index (χ2v) is 4.62. The maximum atomic E-state index is 8.88. The van der Waals surface area contributed by atoms with Crippen molar-refractivity contribution in [2.45, 2.75) is 30.4 Å². The van der Waals surface area contributed by atoms with Gasteiger partial charge in [0.2, 0.25) is 0 Å². The molecule has 0 bridgehead atoms. The van der Waals surface area contributed by atoms with Crippen molar-refractivity contribution in [1.29, 1.82) is 0 Å². The summed E-state index contributed by atoms with van der Waals surface area (Å²) in [6.07, 6.45) is 1.08. The van der Waals surface area contributed by atoms with Gasteiger partial charge in [-0.25, -0.2) is 0 Å². The molecular weight excluding hydrogens is 180 g/mol. The first-order chi connectivity index (χ1) is 6.26. The highest BCUT2D eigenvalue weighted by atomic mass is 32.2. The van der Waals surface area contributed by atoms with E-state index in [-0.39, 0.29) is 11.9 Å². The van der Waals surface area contributed by atoms with E-state index < -0.39 is 0 Å². The maximum absolute atomic E-state index is 8.88. The van der Waals surface area contributed by atoms with E-state index in [0.29, 0.717) is 0 Å². The minimum Gasteiger partial charge on any atom is -0.395 e. The summed E-state index contributed by atoms with van der Waals surface area (Å²) in [6, 6.07) is 8.53. The molecule has 2 heteroatoms. The Morgan fingerprint density at radius 3 is 2.38 bits per heavy atom. The molecule has 72 valence electrons. The SMILES string of the molecule is CCc1ccc(SC(C)CO)cc1. The van der Waals surface area contributed by atoms with Crippen molar-refractivity contribution in [2.24, 2.45) is 0 Å². The second-order valence-electron chi connectivity index (χ2n) is 3.11. The summed E-state index contributed by atoms with van der Waals surface area (Å²) in [5.41, 5.74) is 1.36. The molecule has 1 atom stereocenters. The van der Waals surface area contributed by atoms with Gasteiger partial charge in [0.15, 0.2) is 0 Å². The standard InChI is InChI=1S/C11H16OS/c1-3-10-4-6-11(7-5-10)13-9(2)8-12/h4-7,9,12H,3,8H2,1-2H3. The molecule has 0 radical (unpaired) electrons. The molecule has 0 saturated carbocycles. The van der Waals surface area contributed by atoms with E-state index in [4.69, 9.17) is 5.11 Å². The highest BCUT2D eigenvalue weighted by Gasteiger charge is 2.01. The number of thioether (sulfide) groups is 1. The van der Waals surface area contributed by atoms with Crippen LogP contribution < -0.4 is 0 Å². The zero-order valence-corrected chi connectivity index (χ0v) is 8.97. The summed E-state index contributed by atoms with van der Waals surface area (Å²) in [4.78, 5) is 1.23. The predicted octanol–water partition coefficient (Wildman–Crippen LogP) is 2.72. The Kier molecular flexibility index (Phi) is 4.33. The van der Waals surface area contributed by atoms with Gasteiger partial charge in [-0.05, 0) is 24.1 Å². The molecule has 0 aliphatic heterocycles. The molecule has 1 N–H and O–H groups in total. The minimum atomic E-state index is 0.236. The molecule has 0 fully saturated rings. The van der Waals surface area contributed by atoms with Crippen LogP contribution in [0.5, 0.6) is 0 Å². The smallest absolute Gasteiger partial charge is 0.0550 e. The normalized spacial score (nSPS) is 12.8. The summed E-state index contributed by atoms with van der Waals surface area (Å²) in [5, 5.41) is 9.16. The van der Waals surface area contributed by atoms with Crippen molar-refractivity contribution in [2.75, 3.05) is 6.61 Å². The van der Waals surface area contributed by atoms with Crippen LogP contribution in [0.3, 0.4) is 0 Å². The molecule has 1 rings (SSSR count). The van der Waals surface area contributed by atoms with Gasteiger partial charge in [-0.1, -0.05) is 26.0 Å². The van der Waals surface area contributed by atoms with E-state index in [0.717, 1.165) is 6.42 Å². The molecule has 1 unspecified atom stereocenters. The molecule has 1 nitrogen and oxygen atoms in total. The first-order valence-corrected chi connectivity index (χ1v) is 5.50. The first kappa shape index (κ1) is 10.6. The summed E-state index contributed by atoms with van der Waals surface area (Å²) >= 11 is 1.71. The quantitative estimate of drug-likeness (QED) is 0.747. The van der Waals surface area contributed by atoms with Gasteiger partial charge in [-0.3, -0.25) is 0 Å². The Balaban J connectivity index is 2.58. The topological polar surface area (TPSA) is 20.2 Å². The number of aryl methyl sites for hydroxylation is 1. The van der Waals surface area contributed by atoms with Gasteiger partial charge in [0.25, 0.3) is 0 Å². The van der Waals surface area contributed by atoms with Crippen LogP contribution in [0.1, 0.15) is 19.4 Å². The van der Waals surface area contributed by atoms with Crippen molar-refractivity contribution in [1.82, 2.24) is 0 Å². The molecular formula is C11H16OS. The van der Waals surface area contributed by atoms with Gasteiger partial charge >= 0.3 is 0 Å². The summed E-state index contributed by atoms with van der Waals surface area (Å²) in [6.45, 7) is 4.41. The first-order valence-electron chi connectivity index (χ1n) is 4.62. The molecule has 0 amide bonds. The zero-order valence-electron chi connectivity index (χ0n) is 8.16. The van der Waals surface area contributed by atoms with E-state index in [1.807, 2.05) is 6.92 Å². The lowest BCUT2D eigenvalue weighted by atomic mass is 10.2. The van der Waals surface area contributed by atoms with Crippen LogP contribution in [0.2, 0.25) is 0 Å². The Labute approximate surface area is 84.2 Å². The lowest BCUT2D eigenvalue weighted by molar-refractivity contribution is 0.300. The molecule has 0 spiro atoms. The molecule has 0 heterocycles. The number of aliphatic hydroxyl groups is 1. The molecule has 0 aliphatic rings. The van der Waals surface area contributed by atoms with E-state index in [1.54, 1.807) is 11.8 Å². The fourth-order valence-corrected chi connectivity index (χ4v) is 1.91. The molecule has 13 heavy (non-hydrogen) atoms. The monoisotopic (exact) mass is 196 g/mol. The van der Waals surface area contributed by atoms with Crippen molar-refractivity contribution in [3.05, 3.63) is 29.8 Å². The minimum absolute atomic E-state index is 0.236. The fourth-order valence-electron chi connectivity index (χ4n) is 1.07. The van der Waals surface area contributed by atoms with Crippen molar-refractivity contribution < 1.29 is 5.11 Å². The maximum Gasteiger partial charge on any atom is 0.0550 e. The highest BCUT2D eigenvalue weighted by molar-refractivity contribution is 8.00. The molecule has 0 aromatic heterocycles. The molecule has 0 aliphatic carbocycles. The number of rotatable bonds is 4. The van der Waals surface area contributed by atoms with Gasteiger partial charge < -0.3 is 5.11 Å². The Bertz CT molecular complexity index is 243. The fraction of sp³-hybridized carbons (Fsp3) is 0.455. The van der Waals surface area contributed by atoms with Gasteiger partial charge in [0, 0.05) is 10.1 Å². The summed E-state index contributed by atoms with van der Waals surface area (Å²) in [7, 11) is 0. The third-order valence-electron chi connectivity index (χ3n) is 1.93. The lowest BCUT2D eigenvalue weighted by Crippen LogP contribution is -2.01. The van der Waals surface area contributed by atoms with Crippen molar-refractivity contribution in [3.8, 4) is 0 Å². The largest absolute Gasteiger partial charge is 0.395 e. The van der Waals surface area contributed by atoms with E-state index in [1.165, 1.54) is 10.5 Å². The van der Waals surface area contributed by atoms with Crippen LogP contribution in [0.15, 0.2) is 29.2 Å². The van der Waals surface area contributed by atoms with Gasteiger partial charge in [0.1, 0.15) is 0 Å².